The van der Waals surface area contributed by atoms with E-state index in [-0.39, 0.29) is 0 Å². The Labute approximate surface area is 196 Å². The summed E-state index contributed by atoms with van der Waals surface area (Å²) in [5.41, 5.74) is 0. The highest BCUT2D eigenvalue weighted by atomic mass is 15.2. The molecule has 0 saturated carbocycles. The van der Waals surface area contributed by atoms with Crippen LogP contribution in [0.2, 0.25) is 0 Å². The highest BCUT2D eigenvalue weighted by molar-refractivity contribution is 4.86. The van der Waals surface area contributed by atoms with E-state index in [2.05, 4.69) is 49.2 Å². The second-order valence-corrected chi connectivity index (χ2v) is 10.2. The number of rotatable bonds is 22. The summed E-state index contributed by atoms with van der Waals surface area (Å²) >= 11 is 0. The Kier molecular flexibility index (Phi) is 18.1. The SMILES string of the molecule is CCCCCCCCCCCCCCCCCc1n(C(C)C)cc[n+]1CCCCCC. The molecular formula is C29H57N2+. The van der Waals surface area contributed by atoms with Crippen LogP contribution >= 0.6 is 0 Å². The Bertz CT molecular complexity index is 503. The maximum Gasteiger partial charge on any atom is 0.256 e. The monoisotopic (exact) mass is 433 g/mol. The average Bonchev–Trinajstić information content (AvgIpc) is 3.17. The van der Waals surface area contributed by atoms with Crippen LogP contribution in [-0.4, -0.2) is 4.57 Å². The fraction of sp³-hybridized carbons (Fsp3) is 0.897. The molecule has 31 heavy (non-hydrogen) atoms. The lowest BCUT2D eigenvalue weighted by molar-refractivity contribution is -0.704. The number of aromatic nitrogens is 2. The van der Waals surface area contributed by atoms with E-state index in [1.807, 2.05) is 0 Å². The van der Waals surface area contributed by atoms with Gasteiger partial charge in [0.05, 0.1) is 12.6 Å². The molecule has 1 aromatic rings. The number of hydrogen-bond donors (Lipinski definition) is 0. The highest BCUT2D eigenvalue weighted by Crippen LogP contribution is 2.15. The first-order chi connectivity index (χ1) is 15.2. The molecule has 0 atom stereocenters. The van der Waals surface area contributed by atoms with Gasteiger partial charge in [-0.15, -0.1) is 0 Å². The molecule has 2 nitrogen and oxygen atoms in total. The van der Waals surface area contributed by atoms with Crippen LogP contribution in [0.15, 0.2) is 12.4 Å². The molecule has 0 aliphatic rings. The van der Waals surface area contributed by atoms with Gasteiger partial charge in [-0.3, -0.25) is 0 Å². The number of hydrogen-bond acceptors (Lipinski definition) is 0. The first-order valence-electron chi connectivity index (χ1n) is 14.3. The summed E-state index contributed by atoms with van der Waals surface area (Å²) in [5, 5.41) is 0. The van der Waals surface area contributed by atoms with Gasteiger partial charge in [-0.1, -0.05) is 117 Å². The number of unbranched alkanes of at least 4 members (excludes halogenated alkanes) is 17. The number of nitrogens with zero attached hydrogens (tertiary/aromatic N) is 2. The lowest BCUT2D eigenvalue weighted by atomic mass is 10.0. The van der Waals surface area contributed by atoms with Crippen molar-refractivity contribution in [3.63, 3.8) is 0 Å². The van der Waals surface area contributed by atoms with Gasteiger partial charge < -0.3 is 0 Å². The number of aryl methyl sites for hydroxylation is 1. The molecular weight excluding hydrogens is 376 g/mol. The molecule has 182 valence electrons. The summed E-state index contributed by atoms with van der Waals surface area (Å²) in [5.74, 6) is 1.56. The van der Waals surface area contributed by atoms with Gasteiger partial charge in [0.2, 0.25) is 0 Å². The molecule has 0 aliphatic carbocycles. The smallest absolute Gasteiger partial charge is 0.234 e. The fourth-order valence-electron chi connectivity index (χ4n) is 4.78. The van der Waals surface area contributed by atoms with Gasteiger partial charge in [0.15, 0.2) is 0 Å². The van der Waals surface area contributed by atoms with Crippen molar-refractivity contribution in [2.75, 3.05) is 0 Å². The van der Waals surface area contributed by atoms with Gasteiger partial charge in [0.25, 0.3) is 5.82 Å². The standard InChI is InChI=1S/C29H57N2/c1-5-7-9-11-12-13-14-15-16-17-18-19-20-21-22-24-29-30(25-23-10-8-6-2)26-27-31(29)28(3)4/h26-28H,5-25H2,1-4H3/q+1. The zero-order valence-electron chi connectivity index (χ0n) is 22.0. The summed E-state index contributed by atoms with van der Waals surface area (Å²) in [6.07, 6.45) is 32.9. The van der Waals surface area contributed by atoms with E-state index in [0.717, 1.165) is 0 Å². The average molecular weight is 434 g/mol. The van der Waals surface area contributed by atoms with E-state index in [1.165, 1.54) is 135 Å². The van der Waals surface area contributed by atoms with Crippen LogP contribution in [0.25, 0.3) is 0 Å². The molecule has 0 fully saturated rings. The highest BCUT2D eigenvalue weighted by Gasteiger charge is 2.18. The van der Waals surface area contributed by atoms with Crippen molar-refractivity contribution >= 4 is 0 Å². The minimum atomic E-state index is 0.572. The summed E-state index contributed by atoms with van der Waals surface area (Å²) in [6.45, 7) is 10.4. The van der Waals surface area contributed by atoms with Crippen molar-refractivity contribution in [2.24, 2.45) is 0 Å². The molecule has 0 aliphatic heterocycles. The predicted octanol–water partition coefficient (Wildman–Crippen LogP) is 9.35. The molecule has 2 heteroatoms. The molecule has 0 spiro atoms. The van der Waals surface area contributed by atoms with Gasteiger partial charge in [-0.05, 0) is 33.1 Å². The molecule has 0 radical (unpaired) electrons. The van der Waals surface area contributed by atoms with Crippen LogP contribution in [0, 0.1) is 0 Å². The normalized spacial score (nSPS) is 11.6. The molecule has 0 saturated heterocycles. The van der Waals surface area contributed by atoms with Crippen LogP contribution in [0.1, 0.15) is 162 Å². The summed E-state index contributed by atoms with van der Waals surface area (Å²) < 4.78 is 5.04. The molecule has 1 heterocycles. The molecule has 0 unspecified atom stereocenters. The minimum absolute atomic E-state index is 0.572. The summed E-state index contributed by atoms with van der Waals surface area (Å²) in [4.78, 5) is 0. The molecule has 0 amide bonds. The second kappa shape index (κ2) is 19.9. The summed E-state index contributed by atoms with van der Waals surface area (Å²) in [6, 6.07) is 0.572. The summed E-state index contributed by atoms with van der Waals surface area (Å²) in [7, 11) is 0. The maximum absolute atomic E-state index is 2.54. The van der Waals surface area contributed by atoms with Gasteiger partial charge in [0, 0.05) is 6.42 Å². The Balaban J connectivity index is 2.06. The van der Waals surface area contributed by atoms with Crippen molar-refractivity contribution in [2.45, 2.75) is 169 Å². The first-order valence-corrected chi connectivity index (χ1v) is 14.3. The number of imidazole rings is 1. The van der Waals surface area contributed by atoms with Gasteiger partial charge in [-0.25, -0.2) is 9.13 Å². The lowest BCUT2D eigenvalue weighted by Gasteiger charge is -2.08. The topological polar surface area (TPSA) is 8.81 Å². The Morgan fingerprint density at radius 3 is 1.48 bits per heavy atom. The maximum atomic E-state index is 2.54. The van der Waals surface area contributed by atoms with Gasteiger partial charge >= 0.3 is 0 Å². The van der Waals surface area contributed by atoms with Crippen LogP contribution in [-0.2, 0) is 13.0 Å². The molecule has 0 aromatic carbocycles. The zero-order valence-corrected chi connectivity index (χ0v) is 22.0. The van der Waals surface area contributed by atoms with Crippen molar-refractivity contribution in [1.82, 2.24) is 4.57 Å². The van der Waals surface area contributed by atoms with Crippen LogP contribution in [0.4, 0.5) is 0 Å². The third kappa shape index (κ3) is 14.1. The quantitative estimate of drug-likeness (QED) is 0.127. The third-order valence-corrected chi connectivity index (χ3v) is 6.85. The van der Waals surface area contributed by atoms with Crippen LogP contribution in [0.5, 0.6) is 0 Å². The van der Waals surface area contributed by atoms with E-state index < -0.39 is 0 Å². The first kappa shape index (κ1) is 28.2. The zero-order chi connectivity index (χ0) is 22.6. The van der Waals surface area contributed by atoms with Gasteiger partial charge in [0.1, 0.15) is 12.4 Å². The van der Waals surface area contributed by atoms with Crippen LogP contribution in [0.3, 0.4) is 0 Å². The van der Waals surface area contributed by atoms with Crippen molar-refractivity contribution < 1.29 is 4.57 Å². The lowest BCUT2D eigenvalue weighted by Crippen LogP contribution is -2.37. The van der Waals surface area contributed by atoms with E-state index in [4.69, 9.17) is 0 Å². The molecule has 1 rings (SSSR count). The third-order valence-electron chi connectivity index (χ3n) is 6.85. The van der Waals surface area contributed by atoms with E-state index in [0.29, 0.717) is 6.04 Å². The fourth-order valence-corrected chi connectivity index (χ4v) is 4.78. The van der Waals surface area contributed by atoms with Crippen molar-refractivity contribution in [3.8, 4) is 0 Å². The minimum Gasteiger partial charge on any atom is -0.234 e. The van der Waals surface area contributed by atoms with Crippen molar-refractivity contribution in [1.29, 1.82) is 0 Å². The van der Waals surface area contributed by atoms with Crippen LogP contribution < -0.4 is 4.57 Å². The molecule has 0 N–H and O–H groups in total. The predicted molar refractivity (Wildman–Crippen MR) is 138 cm³/mol. The Hall–Kier alpha value is -0.790. The Morgan fingerprint density at radius 2 is 1.03 bits per heavy atom. The van der Waals surface area contributed by atoms with Gasteiger partial charge in [-0.2, -0.15) is 0 Å². The van der Waals surface area contributed by atoms with E-state index in [1.54, 1.807) is 5.82 Å². The van der Waals surface area contributed by atoms with E-state index in [9.17, 15) is 0 Å². The largest absolute Gasteiger partial charge is 0.256 e. The molecule has 0 bridgehead atoms. The Morgan fingerprint density at radius 1 is 0.613 bits per heavy atom. The van der Waals surface area contributed by atoms with Crippen molar-refractivity contribution in [3.05, 3.63) is 18.2 Å². The molecule has 1 aromatic heterocycles. The second-order valence-electron chi connectivity index (χ2n) is 10.2. The van der Waals surface area contributed by atoms with E-state index >= 15 is 0 Å².